The molecule has 156 valence electrons. The second-order valence-corrected chi connectivity index (χ2v) is 7.40. The van der Waals surface area contributed by atoms with Crippen LogP contribution in [0.25, 0.3) is 0 Å². The molecule has 0 aromatic heterocycles. The molecule has 0 saturated heterocycles. The first-order valence-electron chi connectivity index (χ1n) is 9.89. The average molecular weight is 417 g/mol. The van der Waals surface area contributed by atoms with Gasteiger partial charge in [0.05, 0.1) is 7.11 Å². The number of halogens is 1. The summed E-state index contributed by atoms with van der Waals surface area (Å²) in [4.78, 5) is 26.9. The molecule has 0 radical (unpaired) electrons. The van der Waals surface area contributed by atoms with Crippen LogP contribution in [0.1, 0.15) is 37.8 Å². The highest BCUT2D eigenvalue weighted by Crippen LogP contribution is 2.15. The van der Waals surface area contributed by atoms with Crippen molar-refractivity contribution in [1.82, 2.24) is 10.2 Å². The molecule has 0 bridgehead atoms. The van der Waals surface area contributed by atoms with Crippen LogP contribution in [0.4, 0.5) is 0 Å². The number of nitrogens with zero attached hydrogens (tertiary/aromatic N) is 1. The molecule has 0 aliphatic heterocycles. The maximum Gasteiger partial charge on any atom is 0.242 e. The minimum absolute atomic E-state index is 0.0275. The van der Waals surface area contributed by atoms with E-state index in [1.54, 1.807) is 31.1 Å². The van der Waals surface area contributed by atoms with Crippen LogP contribution in [0.2, 0.25) is 5.02 Å². The van der Waals surface area contributed by atoms with E-state index in [-0.39, 0.29) is 11.8 Å². The normalized spacial score (nSPS) is 11.6. The first kappa shape index (κ1) is 22.8. The number of carbonyl (C=O) groups is 2. The molecule has 2 amide bonds. The standard InChI is InChI=1S/C23H29ClN2O3/c1-4-5-22(27)26(16-19-6-10-20(24)11-7-19)17(2)23(28)25-15-14-18-8-12-21(29-3)13-9-18/h6-13,17H,4-5,14-16H2,1-3H3,(H,25,28)/t17-/m1/s1. The number of nitrogens with one attached hydrogen (secondary N) is 1. The molecular formula is C23H29ClN2O3. The molecule has 0 aliphatic rings. The molecule has 0 unspecified atom stereocenters. The van der Waals surface area contributed by atoms with Gasteiger partial charge in [0.2, 0.25) is 11.8 Å². The Morgan fingerprint density at radius 1 is 1.07 bits per heavy atom. The van der Waals surface area contributed by atoms with E-state index in [9.17, 15) is 9.59 Å². The lowest BCUT2D eigenvalue weighted by atomic mass is 10.1. The number of carbonyl (C=O) groups excluding carboxylic acids is 2. The van der Waals surface area contributed by atoms with Crippen LogP contribution in [0, 0.1) is 0 Å². The Hall–Kier alpha value is -2.53. The first-order valence-corrected chi connectivity index (χ1v) is 10.3. The largest absolute Gasteiger partial charge is 0.497 e. The number of rotatable bonds is 10. The molecule has 2 aromatic carbocycles. The van der Waals surface area contributed by atoms with Gasteiger partial charge in [0.25, 0.3) is 0 Å². The Morgan fingerprint density at radius 3 is 2.28 bits per heavy atom. The van der Waals surface area contributed by atoms with Gasteiger partial charge in [-0.25, -0.2) is 0 Å². The Bertz CT molecular complexity index is 791. The highest BCUT2D eigenvalue weighted by Gasteiger charge is 2.25. The maximum absolute atomic E-state index is 12.7. The van der Waals surface area contributed by atoms with Crippen molar-refractivity contribution in [2.45, 2.75) is 45.7 Å². The van der Waals surface area contributed by atoms with Crippen molar-refractivity contribution in [3.8, 4) is 5.75 Å². The fourth-order valence-corrected chi connectivity index (χ4v) is 3.12. The van der Waals surface area contributed by atoms with Crippen LogP contribution in [-0.4, -0.2) is 36.4 Å². The molecular weight excluding hydrogens is 388 g/mol. The number of benzene rings is 2. The molecule has 2 rings (SSSR count). The fourth-order valence-electron chi connectivity index (χ4n) is 3.00. The van der Waals surface area contributed by atoms with Crippen LogP contribution in [0.5, 0.6) is 5.75 Å². The third kappa shape index (κ3) is 7.09. The number of ether oxygens (including phenoxy) is 1. The minimum Gasteiger partial charge on any atom is -0.497 e. The zero-order chi connectivity index (χ0) is 21.2. The van der Waals surface area contributed by atoms with Gasteiger partial charge in [0.1, 0.15) is 11.8 Å². The summed E-state index contributed by atoms with van der Waals surface area (Å²) in [5.41, 5.74) is 2.05. The lowest BCUT2D eigenvalue weighted by molar-refractivity contribution is -0.140. The summed E-state index contributed by atoms with van der Waals surface area (Å²) >= 11 is 5.95. The molecule has 1 N–H and O–H groups in total. The van der Waals surface area contributed by atoms with Gasteiger partial charge >= 0.3 is 0 Å². The number of hydrogen-bond donors (Lipinski definition) is 1. The molecule has 5 nitrogen and oxygen atoms in total. The predicted octanol–water partition coefficient (Wildman–Crippen LogP) is 4.22. The van der Waals surface area contributed by atoms with Gasteiger partial charge in [-0.05, 0) is 55.2 Å². The molecule has 2 aromatic rings. The Balaban J connectivity index is 1.96. The van der Waals surface area contributed by atoms with Crippen molar-refractivity contribution in [3.63, 3.8) is 0 Å². The van der Waals surface area contributed by atoms with E-state index in [1.165, 1.54) is 0 Å². The topological polar surface area (TPSA) is 58.6 Å². The van der Waals surface area contributed by atoms with Crippen molar-refractivity contribution in [1.29, 1.82) is 0 Å². The van der Waals surface area contributed by atoms with Gasteiger partial charge < -0.3 is 15.0 Å². The van der Waals surface area contributed by atoms with E-state index in [0.717, 1.165) is 23.3 Å². The van der Waals surface area contributed by atoms with Crippen LogP contribution >= 0.6 is 11.6 Å². The molecule has 0 heterocycles. The second-order valence-electron chi connectivity index (χ2n) is 6.96. The van der Waals surface area contributed by atoms with E-state index in [4.69, 9.17) is 16.3 Å². The molecule has 6 heteroatoms. The minimum atomic E-state index is -0.555. The maximum atomic E-state index is 12.7. The van der Waals surface area contributed by atoms with E-state index in [0.29, 0.717) is 31.0 Å². The highest BCUT2D eigenvalue weighted by molar-refractivity contribution is 6.30. The van der Waals surface area contributed by atoms with E-state index in [2.05, 4.69) is 5.32 Å². The summed E-state index contributed by atoms with van der Waals surface area (Å²) in [5.74, 6) is 0.621. The number of amides is 2. The number of methoxy groups -OCH3 is 1. The fraction of sp³-hybridized carbons (Fsp3) is 0.391. The van der Waals surface area contributed by atoms with E-state index in [1.807, 2.05) is 43.3 Å². The molecule has 0 saturated carbocycles. The second kappa shape index (κ2) is 11.5. The summed E-state index contributed by atoms with van der Waals surface area (Å²) in [6, 6.07) is 14.5. The predicted molar refractivity (Wildman–Crippen MR) is 116 cm³/mol. The quantitative estimate of drug-likeness (QED) is 0.630. The summed E-state index contributed by atoms with van der Waals surface area (Å²) < 4.78 is 5.15. The van der Waals surface area contributed by atoms with E-state index >= 15 is 0 Å². The summed E-state index contributed by atoms with van der Waals surface area (Å²) in [7, 11) is 1.63. The van der Waals surface area contributed by atoms with Crippen LogP contribution < -0.4 is 10.1 Å². The molecule has 0 fully saturated rings. The zero-order valence-electron chi connectivity index (χ0n) is 17.3. The molecule has 29 heavy (non-hydrogen) atoms. The Labute approximate surface area is 178 Å². The third-order valence-corrected chi connectivity index (χ3v) is 5.02. The van der Waals surface area contributed by atoms with Gasteiger partial charge in [-0.3, -0.25) is 9.59 Å². The van der Waals surface area contributed by atoms with E-state index < -0.39 is 6.04 Å². The van der Waals surface area contributed by atoms with Gasteiger partial charge in [-0.1, -0.05) is 42.8 Å². The third-order valence-electron chi connectivity index (χ3n) is 4.77. The molecule has 1 atom stereocenters. The average Bonchev–Trinajstić information content (AvgIpc) is 2.73. The Kier molecular flexibility index (Phi) is 9.00. The number of hydrogen-bond acceptors (Lipinski definition) is 3. The zero-order valence-corrected chi connectivity index (χ0v) is 18.0. The summed E-state index contributed by atoms with van der Waals surface area (Å²) in [6.07, 6.45) is 1.86. The van der Waals surface area contributed by atoms with Gasteiger partial charge in [0.15, 0.2) is 0 Å². The summed E-state index contributed by atoms with van der Waals surface area (Å²) in [5, 5.41) is 3.59. The Morgan fingerprint density at radius 2 is 1.69 bits per heavy atom. The lowest BCUT2D eigenvalue weighted by Crippen LogP contribution is -2.47. The lowest BCUT2D eigenvalue weighted by Gasteiger charge is -2.29. The first-order chi connectivity index (χ1) is 13.9. The summed E-state index contributed by atoms with van der Waals surface area (Å²) in [6.45, 7) is 4.61. The van der Waals surface area contributed by atoms with Crippen LogP contribution in [0.15, 0.2) is 48.5 Å². The smallest absolute Gasteiger partial charge is 0.242 e. The van der Waals surface area contributed by atoms with Gasteiger partial charge in [-0.2, -0.15) is 0 Å². The van der Waals surface area contributed by atoms with Crippen molar-refractivity contribution >= 4 is 23.4 Å². The van der Waals surface area contributed by atoms with Crippen LogP contribution in [0.3, 0.4) is 0 Å². The van der Waals surface area contributed by atoms with Crippen LogP contribution in [-0.2, 0) is 22.6 Å². The molecule has 0 spiro atoms. The van der Waals surface area contributed by atoms with Gasteiger partial charge in [0, 0.05) is 24.5 Å². The monoisotopic (exact) mass is 416 g/mol. The van der Waals surface area contributed by atoms with Crippen molar-refractivity contribution in [2.75, 3.05) is 13.7 Å². The van der Waals surface area contributed by atoms with Crippen molar-refractivity contribution in [2.24, 2.45) is 0 Å². The highest BCUT2D eigenvalue weighted by atomic mass is 35.5. The van der Waals surface area contributed by atoms with Crippen molar-refractivity contribution in [3.05, 3.63) is 64.7 Å². The van der Waals surface area contributed by atoms with Gasteiger partial charge in [-0.15, -0.1) is 0 Å². The molecule has 0 aliphatic carbocycles. The van der Waals surface area contributed by atoms with Crippen molar-refractivity contribution < 1.29 is 14.3 Å². The SMILES string of the molecule is CCCC(=O)N(Cc1ccc(Cl)cc1)[C@H](C)C(=O)NCCc1ccc(OC)cc1.